The van der Waals surface area contributed by atoms with E-state index in [0.29, 0.717) is 11.4 Å². The molecule has 0 radical (unpaired) electrons. The lowest BCUT2D eigenvalue weighted by Crippen LogP contribution is -2.28. The van der Waals surface area contributed by atoms with Crippen molar-refractivity contribution in [1.82, 2.24) is 10.2 Å². The molecule has 0 spiro atoms. The van der Waals surface area contributed by atoms with E-state index in [-0.39, 0.29) is 11.8 Å². The third-order valence-electron chi connectivity index (χ3n) is 4.63. The monoisotopic (exact) mass is 316 g/mol. The zero-order chi connectivity index (χ0) is 16.5. The summed E-state index contributed by atoms with van der Waals surface area (Å²) in [5, 5.41) is 19.9. The maximum atomic E-state index is 12.1. The zero-order valence-corrected chi connectivity index (χ0v) is 13.0. The predicted octanol–water partition coefficient (Wildman–Crippen LogP) is 3.84. The lowest BCUT2D eigenvalue weighted by atomic mass is 9.85. The van der Waals surface area contributed by atoms with Crippen molar-refractivity contribution < 1.29 is 4.79 Å². The van der Waals surface area contributed by atoms with Gasteiger partial charge < -0.3 is 5.32 Å². The fraction of sp³-hybridized carbons (Fsp3) is 0.211. The number of rotatable bonds is 3. The summed E-state index contributed by atoms with van der Waals surface area (Å²) in [7, 11) is 0. The zero-order valence-electron chi connectivity index (χ0n) is 13.0. The molecule has 1 fully saturated rings. The summed E-state index contributed by atoms with van der Waals surface area (Å²) in [6.07, 6.45) is 3.07. The van der Waals surface area contributed by atoms with Gasteiger partial charge in [-0.2, -0.15) is 10.4 Å². The van der Waals surface area contributed by atoms with Gasteiger partial charge >= 0.3 is 0 Å². The van der Waals surface area contributed by atoms with Gasteiger partial charge in [0, 0.05) is 11.3 Å². The molecule has 0 saturated heterocycles. The van der Waals surface area contributed by atoms with Crippen molar-refractivity contribution in [2.24, 2.45) is 5.92 Å². The second kappa shape index (κ2) is 5.82. The first-order chi connectivity index (χ1) is 11.7. The van der Waals surface area contributed by atoms with Crippen molar-refractivity contribution in [1.29, 1.82) is 5.26 Å². The van der Waals surface area contributed by atoms with E-state index >= 15 is 0 Å². The molecule has 1 aliphatic carbocycles. The molecule has 0 atom stereocenters. The van der Waals surface area contributed by atoms with Crippen molar-refractivity contribution in [3.05, 3.63) is 48.0 Å². The van der Waals surface area contributed by atoms with E-state index in [4.69, 9.17) is 5.26 Å². The van der Waals surface area contributed by atoms with E-state index in [1.54, 1.807) is 12.1 Å². The van der Waals surface area contributed by atoms with Crippen molar-refractivity contribution >= 4 is 22.6 Å². The number of benzene rings is 2. The van der Waals surface area contributed by atoms with Crippen LogP contribution in [0.1, 0.15) is 24.8 Å². The van der Waals surface area contributed by atoms with Gasteiger partial charge in [-0.25, -0.2) is 0 Å². The van der Waals surface area contributed by atoms with E-state index in [0.717, 1.165) is 41.3 Å². The number of hydrogen-bond acceptors (Lipinski definition) is 3. The van der Waals surface area contributed by atoms with Crippen LogP contribution in [0.15, 0.2) is 42.5 Å². The lowest BCUT2D eigenvalue weighted by molar-refractivity contribution is -0.122. The van der Waals surface area contributed by atoms with E-state index < -0.39 is 0 Å². The lowest BCUT2D eigenvalue weighted by Gasteiger charge is -2.23. The third kappa shape index (κ3) is 2.52. The molecular formula is C19H16N4O. The fourth-order valence-electron chi connectivity index (χ4n) is 2.92. The molecule has 2 N–H and O–H groups in total. The highest BCUT2D eigenvalue weighted by atomic mass is 16.2. The van der Waals surface area contributed by atoms with Gasteiger partial charge in [-0.05, 0) is 48.2 Å². The molecule has 5 nitrogen and oxygen atoms in total. The second-order valence-corrected chi connectivity index (χ2v) is 6.14. The highest BCUT2D eigenvalue weighted by Gasteiger charge is 2.26. The molecule has 2 aromatic carbocycles. The summed E-state index contributed by atoms with van der Waals surface area (Å²) in [5.74, 6) is 0.786. The summed E-state index contributed by atoms with van der Waals surface area (Å²) in [6.45, 7) is 0. The second-order valence-electron chi connectivity index (χ2n) is 6.14. The largest absolute Gasteiger partial charge is 0.308 e. The first-order valence-electron chi connectivity index (χ1n) is 8.04. The predicted molar refractivity (Wildman–Crippen MR) is 92.2 cm³/mol. The number of hydrogen-bond donors (Lipinski definition) is 2. The normalized spacial score (nSPS) is 14.1. The van der Waals surface area contributed by atoms with Crippen LogP contribution in [-0.4, -0.2) is 16.1 Å². The molecule has 0 unspecified atom stereocenters. The molecule has 0 bridgehead atoms. The van der Waals surface area contributed by atoms with Crippen LogP contribution in [0.2, 0.25) is 0 Å². The molecule has 1 aliphatic rings. The van der Waals surface area contributed by atoms with Gasteiger partial charge in [0.1, 0.15) is 0 Å². The van der Waals surface area contributed by atoms with Crippen molar-refractivity contribution in [3.8, 4) is 17.2 Å². The maximum absolute atomic E-state index is 12.1. The molecule has 1 amide bonds. The highest BCUT2D eigenvalue weighted by molar-refractivity contribution is 6.01. The number of nitrogens with one attached hydrogen (secondary N) is 2. The number of amides is 1. The molecule has 118 valence electrons. The van der Waals surface area contributed by atoms with Crippen LogP contribution in [0.25, 0.3) is 22.0 Å². The Morgan fingerprint density at radius 3 is 2.58 bits per heavy atom. The third-order valence-corrected chi connectivity index (χ3v) is 4.63. The van der Waals surface area contributed by atoms with Crippen molar-refractivity contribution in [3.63, 3.8) is 0 Å². The minimum Gasteiger partial charge on any atom is -0.308 e. The molecule has 4 rings (SSSR count). The number of H-pyrrole nitrogens is 1. The Morgan fingerprint density at radius 1 is 1.17 bits per heavy atom. The van der Waals surface area contributed by atoms with Crippen molar-refractivity contribution in [2.45, 2.75) is 19.3 Å². The number of aromatic nitrogens is 2. The minimum atomic E-state index is 0.0609. The average molecular weight is 316 g/mol. The number of carbonyl (C=O) groups excluding carboxylic acids is 1. The molecule has 1 saturated carbocycles. The summed E-state index contributed by atoms with van der Waals surface area (Å²) in [5.41, 5.74) is 3.58. The minimum absolute atomic E-state index is 0.0609. The summed E-state index contributed by atoms with van der Waals surface area (Å²) < 4.78 is 0. The number of nitriles is 1. The number of fused-ring (bicyclic) bond motifs is 1. The van der Waals surface area contributed by atoms with Crippen LogP contribution in [0.4, 0.5) is 5.82 Å². The summed E-state index contributed by atoms with van der Waals surface area (Å²) >= 11 is 0. The first-order valence-corrected chi connectivity index (χ1v) is 8.04. The van der Waals surface area contributed by atoms with Gasteiger partial charge in [-0.3, -0.25) is 9.89 Å². The topological polar surface area (TPSA) is 81.6 Å². The Bertz CT molecular complexity index is 946. The number of nitrogens with zero attached hydrogens (tertiary/aromatic N) is 2. The number of anilines is 1. The molecular weight excluding hydrogens is 300 g/mol. The molecule has 1 heterocycles. The van der Waals surface area contributed by atoms with Crippen LogP contribution in [0.5, 0.6) is 0 Å². The first kappa shape index (κ1) is 14.5. The fourth-order valence-corrected chi connectivity index (χ4v) is 2.92. The summed E-state index contributed by atoms with van der Waals surface area (Å²) in [4.78, 5) is 12.1. The molecule has 3 aromatic rings. The maximum Gasteiger partial charge on any atom is 0.228 e. The molecule has 5 heteroatoms. The van der Waals surface area contributed by atoms with Crippen LogP contribution in [0, 0.1) is 17.2 Å². The molecule has 24 heavy (non-hydrogen) atoms. The SMILES string of the molecule is N#Cc1ccc(-c2ccc3c(NC(=O)C4CCC4)n[nH]c3c2)cc1. The van der Waals surface area contributed by atoms with E-state index in [1.165, 1.54) is 0 Å². The Balaban J connectivity index is 1.62. The van der Waals surface area contributed by atoms with Crippen LogP contribution in [0.3, 0.4) is 0 Å². The van der Waals surface area contributed by atoms with Gasteiger partial charge in [-0.1, -0.05) is 24.6 Å². The van der Waals surface area contributed by atoms with Crippen LogP contribution >= 0.6 is 0 Å². The quantitative estimate of drug-likeness (QED) is 0.770. The van der Waals surface area contributed by atoms with E-state index in [2.05, 4.69) is 21.6 Å². The number of aromatic amines is 1. The summed E-state index contributed by atoms with van der Waals surface area (Å²) in [6, 6.07) is 15.5. The Labute approximate surface area is 139 Å². The smallest absolute Gasteiger partial charge is 0.228 e. The van der Waals surface area contributed by atoms with E-state index in [9.17, 15) is 4.79 Å². The number of carbonyl (C=O) groups is 1. The van der Waals surface area contributed by atoms with Gasteiger partial charge in [0.15, 0.2) is 5.82 Å². The van der Waals surface area contributed by atoms with E-state index in [1.807, 2.05) is 30.3 Å². The molecule has 0 aliphatic heterocycles. The average Bonchev–Trinajstić information content (AvgIpc) is 2.95. The van der Waals surface area contributed by atoms with Crippen LogP contribution < -0.4 is 5.32 Å². The van der Waals surface area contributed by atoms with Gasteiger partial charge in [0.2, 0.25) is 5.91 Å². The standard InChI is InChI=1S/C19H16N4O/c20-11-12-4-6-13(7-5-12)15-8-9-16-17(10-15)22-23-18(16)21-19(24)14-2-1-3-14/h4-10,14H,1-3H2,(H2,21,22,23,24). The van der Waals surface area contributed by atoms with Crippen molar-refractivity contribution in [2.75, 3.05) is 5.32 Å². The Kier molecular flexibility index (Phi) is 3.51. The van der Waals surface area contributed by atoms with Gasteiger partial charge in [-0.15, -0.1) is 0 Å². The Morgan fingerprint density at radius 2 is 1.92 bits per heavy atom. The van der Waals surface area contributed by atoms with Gasteiger partial charge in [0.25, 0.3) is 0 Å². The molecule has 1 aromatic heterocycles. The Hall–Kier alpha value is -3.13. The van der Waals surface area contributed by atoms with Crippen LogP contribution in [-0.2, 0) is 4.79 Å². The van der Waals surface area contributed by atoms with Gasteiger partial charge in [0.05, 0.1) is 17.1 Å². The highest BCUT2D eigenvalue weighted by Crippen LogP contribution is 2.30.